The third-order valence-electron chi connectivity index (χ3n) is 6.49. The second-order valence-electron chi connectivity index (χ2n) is 9.20. The van der Waals surface area contributed by atoms with Gasteiger partial charge in [0.1, 0.15) is 17.3 Å². The van der Waals surface area contributed by atoms with Crippen LogP contribution in [0.4, 0.5) is 11.4 Å². The van der Waals surface area contributed by atoms with Crippen molar-refractivity contribution in [1.82, 2.24) is 0 Å². The van der Waals surface area contributed by atoms with Crippen LogP contribution < -0.4 is 16.0 Å². The van der Waals surface area contributed by atoms with Gasteiger partial charge in [0, 0.05) is 39.7 Å². The molecule has 0 saturated heterocycles. The number of hydrogen-bond donors (Lipinski definition) is 2. The van der Waals surface area contributed by atoms with Crippen LogP contribution in [-0.4, -0.2) is 11.7 Å². The Bertz CT molecular complexity index is 1300. The van der Waals surface area contributed by atoms with Crippen molar-refractivity contribution in [1.29, 1.82) is 5.26 Å². The summed E-state index contributed by atoms with van der Waals surface area (Å²) in [4.78, 5) is 29.0. The molecule has 2 aromatic carbocycles. The zero-order valence-electron chi connectivity index (χ0n) is 17.7. The van der Waals surface area contributed by atoms with Crippen LogP contribution >= 0.6 is 11.6 Å². The lowest BCUT2D eigenvalue weighted by molar-refractivity contribution is -0.123. The number of amides is 1. The topological polar surface area (TPSA) is 99.2 Å². The van der Waals surface area contributed by atoms with E-state index in [1.165, 1.54) is 0 Å². The molecule has 2 aliphatic heterocycles. The molecule has 1 amide bonds. The number of para-hydroxylation sites is 1. The van der Waals surface area contributed by atoms with Crippen molar-refractivity contribution in [2.24, 2.45) is 11.1 Å². The van der Waals surface area contributed by atoms with Crippen molar-refractivity contribution in [3.8, 4) is 6.07 Å². The van der Waals surface area contributed by atoms with Crippen LogP contribution in [0.5, 0.6) is 0 Å². The van der Waals surface area contributed by atoms with Crippen LogP contribution in [-0.2, 0) is 15.0 Å². The molecule has 6 nitrogen and oxygen atoms in total. The Labute approximate surface area is 191 Å². The van der Waals surface area contributed by atoms with Gasteiger partial charge in [0.15, 0.2) is 5.78 Å². The Morgan fingerprint density at radius 3 is 2.47 bits per heavy atom. The Balaban J connectivity index is 1.89. The predicted molar refractivity (Wildman–Crippen MR) is 123 cm³/mol. The van der Waals surface area contributed by atoms with Crippen molar-refractivity contribution in [2.75, 3.05) is 10.2 Å². The van der Waals surface area contributed by atoms with Crippen LogP contribution in [0.1, 0.15) is 32.3 Å². The molecule has 0 aromatic heterocycles. The van der Waals surface area contributed by atoms with Gasteiger partial charge in [-0.05, 0) is 42.2 Å². The van der Waals surface area contributed by atoms with Gasteiger partial charge < -0.3 is 11.1 Å². The Kier molecular flexibility index (Phi) is 4.27. The van der Waals surface area contributed by atoms with Crippen molar-refractivity contribution in [3.63, 3.8) is 0 Å². The van der Waals surface area contributed by atoms with E-state index in [9.17, 15) is 14.9 Å². The summed E-state index contributed by atoms with van der Waals surface area (Å²) in [6.45, 7) is 4.04. The maximum absolute atomic E-state index is 13.7. The van der Waals surface area contributed by atoms with Crippen LogP contribution in [0.3, 0.4) is 0 Å². The molecular weight excluding hydrogens is 424 g/mol. The number of hydrogen-bond acceptors (Lipinski definition) is 5. The molecule has 3 aliphatic rings. The molecule has 7 heteroatoms. The highest BCUT2D eigenvalue weighted by Crippen LogP contribution is 2.56. The van der Waals surface area contributed by atoms with Crippen LogP contribution in [0.25, 0.3) is 0 Å². The number of ketones is 1. The van der Waals surface area contributed by atoms with Crippen molar-refractivity contribution >= 4 is 34.7 Å². The zero-order chi connectivity index (χ0) is 22.8. The molecule has 3 N–H and O–H groups in total. The van der Waals surface area contributed by atoms with Gasteiger partial charge in [0.2, 0.25) is 5.91 Å². The molecule has 0 radical (unpaired) electrons. The van der Waals surface area contributed by atoms with E-state index in [0.717, 1.165) is 0 Å². The van der Waals surface area contributed by atoms with E-state index in [1.807, 2.05) is 13.8 Å². The van der Waals surface area contributed by atoms with Crippen molar-refractivity contribution in [2.45, 2.75) is 32.1 Å². The molecule has 2 heterocycles. The quantitative estimate of drug-likeness (QED) is 0.679. The summed E-state index contributed by atoms with van der Waals surface area (Å²) in [7, 11) is 0. The van der Waals surface area contributed by atoms with Gasteiger partial charge in [-0.2, -0.15) is 5.26 Å². The number of nitrogens with zero attached hydrogens (tertiary/aromatic N) is 2. The molecule has 0 unspecified atom stereocenters. The van der Waals surface area contributed by atoms with Gasteiger partial charge in [0.25, 0.3) is 0 Å². The number of carbonyl (C=O) groups excluding carboxylic acids is 2. The third-order valence-corrected chi connectivity index (χ3v) is 6.74. The standard InChI is InChI=1S/C25H21ClN4O2/c1-24(2)11-19-21(20(31)12-24)25(16-5-3-4-6-18(16)29-23(25)32)17(13-27)22(28)30(19)15-9-7-14(26)8-10-15/h3-10H,11-12,28H2,1-2H3,(H,29,32)/t25-/m0/s1. The van der Waals surface area contributed by atoms with E-state index in [0.29, 0.717) is 39.7 Å². The van der Waals surface area contributed by atoms with Gasteiger partial charge in [-0.1, -0.05) is 43.6 Å². The molecule has 0 saturated carbocycles. The monoisotopic (exact) mass is 444 g/mol. The van der Waals surface area contributed by atoms with E-state index < -0.39 is 11.3 Å². The lowest BCUT2D eigenvalue weighted by Crippen LogP contribution is -2.52. The fraction of sp³-hybridized carbons (Fsp3) is 0.240. The second kappa shape index (κ2) is 6.72. The summed E-state index contributed by atoms with van der Waals surface area (Å²) >= 11 is 6.09. The first kappa shape index (κ1) is 20.3. The van der Waals surface area contributed by atoms with Gasteiger partial charge in [-0.15, -0.1) is 0 Å². The SMILES string of the molecule is CC1(C)CC(=O)C2=C(C1)N(c1ccc(Cl)cc1)C(N)=C(C#N)[C@]21C(=O)Nc2ccccc21. The smallest absolute Gasteiger partial charge is 0.245 e. The molecule has 160 valence electrons. The molecule has 2 aromatic rings. The number of carbonyl (C=O) groups is 2. The third kappa shape index (κ3) is 2.58. The first-order chi connectivity index (χ1) is 15.2. The summed E-state index contributed by atoms with van der Waals surface area (Å²) in [5, 5.41) is 13.7. The van der Waals surface area contributed by atoms with Gasteiger partial charge in [0.05, 0.1) is 5.57 Å². The fourth-order valence-corrected chi connectivity index (χ4v) is 5.38. The predicted octanol–water partition coefficient (Wildman–Crippen LogP) is 4.39. The lowest BCUT2D eigenvalue weighted by Gasteiger charge is -2.46. The van der Waals surface area contributed by atoms with Crippen LogP contribution in [0.2, 0.25) is 5.02 Å². The van der Waals surface area contributed by atoms with Crippen molar-refractivity contribution in [3.05, 3.63) is 81.8 Å². The van der Waals surface area contributed by atoms with E-state index >= 15 is 0 Å². The minimum Gasteiger partial charge on any atom is -0.384 e. The summed E-state index contributed by atoms with van der Waals surface area (Å²) < 4.78 is 0. The summed E-state index contributed by atoms with van der Waals surface area (Å²) in [5.41, 5.74) is 7.65. The first-order valence-corrected chi connectivity index (χ1v) is 10.7. The number of nitrogens with one attached hydrogen (secondary N) is 1. The number of Topliss-reactive ketones (excluding diaryl/α,β-unsaturated/α-hetero) is 1. The highest BCUT2D eigenvalue weighted by molar-refractivity contribution is 6.30. The van der Waals surface area contributed by atoms with E-state index in [4.69, 9.17) is 17.3 Å². The molecule has 1 atom stereocenters. The van der Waals surface area contributed by atoms with Gasteiger partial charge >= 0.3 is 0 Å². The number of rotatable bonds is 1. The molecule has 1 spiro atoms. The Morgan fingerprint density at radius 1 is 1.09 bits per heavy atom. The summed E-state index contributed by atoms with van der Waals surface area (Å²) in [6.07, 6.45) is 0.795. The fourth-order valence-electron chi connectivity index (χ4n) is 5.26. The maximum Gasteiger partial charge on any atom is 0.245 e. The molecule has 0 fully saturated rings. The minimum absolute atomic E-state index is 0.0571. The average Bonchev–Trinajstić information content (AvgIpc) is 3.01. The first-order valence-electron chi connectivity index (χ1n) is 10.3. The summed E-state index contributed by atoms with van der Waals surface area (Å²) in [6, 6.07) is 16.4. The Hall–Kier alpha value is -3.56. The molecule has 32 heavy (non-hydrogen) atoms. The van der Waals surface area contributed by atoms with Gasteiger partial charge in [-0.3, -0.25) is 14.5 Å². The number of nitrogens with two attached hydrogens (primary N) is 1. The second-order valence-corrected chi connectivity index (χ2v) is 9.63. The number of allylic oxidation sites excluding steroid dienone is 1. The van der Waals surface area contributed by atoms with Crippen molar-refractivity contribution < 1.29 is 9.59 Å². The number of anilines is 2. The van der Waals surface area contributed by atoms with E-state index in [-0.39, 0.29) is 29.0 Å². The molecule has 0 bridgehead atoms. The average molecular weight is 445 g/mol. The maximum atomic E-state index is 13.7. The van der Waals surface area contributed by atoms with Crippen LogP contribution in [0, 0.1) is 16.7 Å². The number of fused-ring (bicyclic) bond motifs is 3. The van der Waals surface area contributed by atoms with E-state index in [2.05, 4.69) is 11.4 Å². The largest absolute Gasteiger partial charge is 0.384 e. The van der Waals surface area contributed by atoms with Crippen LogP contribution in [0.15, 0.2) is 71.2 Å². The number of benzene rings is 2. The highest BCUT2D eigenvalue weighted by Gasteiger charge is 2.61. The number of halogens is 1. The molecular formula is C25H21ClN4O2. The lowest BCUT2D eigenvalue weighted by atomic mass is 9.61. The zero-order valence-corrected chi connectivity index (χ0v) is 18.5. The molecule has 1 aliphatic carbocycles. The highest BCUT2D eigenvalue weighted by atomic mass is 35.5. The number of nitriles is 1. The van der Waals surface area contributed by atoms with E-state index in [1.54, 1.807) is 53.4 Å². The Morgan fingerprint density at radius 2 is 1.78 bits per heavy atom. The minimum atomic E-state index is -1.55. The molecule has 5 rings (SSSR count). The normalized spacial score (nSPS) is 23.8. The van der Waals surface area contributed by atoms with Gasteiger partial charge in [-0.25, -0.2) is 0 Å². The summed E-state index contributed by atoms with van der Waals surface area (Å²) in [5.74, 6) is -0.428.